The first-order valence-electron chi connectivity index (χ1n) is 10.6. The number of rotatable bonds is 3. The Labute approximate surface area is 186 Å². The molecule has 0 N–H and O–H groups in total. The summed E-state index contributed by atoms with van der Waals surface area (Å²) in [5.41, 5.74) is 7.56. The van der Waals surface area contributed by atoms with Crippen LogP contribution in [0.3, 0.4) is 0 Å². The van der Waals surface area contributed by atoms with Crippen molar-refractivity contribution in [1.82, 2.24) is 0 Å². The molecule has 2 heteroatoms. The summed E-state index contributed by atoms with van der Waals surface area (Å²) in [4.78, 5) is 27.6. The average Bonchev–Trinajstić information content (AvgIpc) is 3.31. The van der Waals surface area contributed by atoms with Crippen molar-refractivity contribution in [3.05, 3.63) is 154 Å². The summed E-state index contributed by atoms with van der Waals surface area (Å²) in [6.07, 6.45) is 0. The van der Waals surface area contributed by atoms with E-state index in [-0.39, 0.29) is 11.6 Å². The molecule has 150 valence electrons. The van der Waals surface area contributed by atoms with Crippen molar-refractivity contribution in [2.75, 3.05) is 0 Å². The molecule has 6 rings (SSSR count). The molecular formula is C30H18O2. The van der Waals surface area contributed by atoms with Crippen LogP contribution in [0.15, 0.2) is 120 Å². The number of carbonyl (C=O) groups is 2. The lowest BCUT2D eigenvalue weighted by atomic mass is 9.89. The minimum atomic E-state index is -0.0935. The summed E-state index contributed by atoms with van der Waals surface area (Å²) in [7, 11) is 0. The van der Waals surface area contributed by atoms with E-state index in [4.69, 9.17) is 0 Å². The minimum Gasteiger partial charge on any atom is -0.289 e. The summed E-state index contributed by atoms with van der Waals surface area (Å²) in [5.74, 6) is -0.187. The van der Waals surface area contributed by atoms with E-state index in [2.05, 4.69) is 0 Å². The third-order valence-electron chi connectivity index (χ3n) is 6.21. The summed E-state index contributed by atoms with van der Waals surface area (Å²) in [5, 5.41) is 0. The van der Waals surface area contributed by atoms with Crippen LogP contribution in [0.4, 0.5) is 0 Å². The van der Waals surface area contributed by atoms with Crippen molar-refractivity contribution >= 4 is 22.7 Å². The molecule has 0 unspecified atom stereocenters. The molecule has 4 aromatic carbocycles. The molecule has 4 aromatic rings. The highest BCUT2D eigenvalue weighted by Gasteiger charge is 2.40. The first-order valence-corrected chi connectivity index (χ1v) is 10.6. The standard InChI is InChI=1S/C30H18O2/c31-29-23-17-9-7-15-21(23)25(19-11-3-1-4-12-19)27(29)28-26(20-13-5-2-6-14-20)22-16-8-10-18-24(22)30(28)32/h1-18H. The zero-order valence-corrected chi connectivity index (χ0v) is 17.2. The van der Waals surface area contributed by atoms with Gasteiger partial charge in [-0.3, -0.25) is 9.59 Å². The van der Waals surface area contributed by atoms with Crippen LogP contribution in [-0.2, 0) is 0 Å². The quantitative estimate of drug-likeness (QED) is 0.393. The van der Waals surface area contributed by atoms with Gasteiger partial charge in [-0.05, 0) is 22.3 Å². The van der Waals surface area contributed by atoms with Crippen molar-refractivity contribution in [2.45, 2.75) is 0 Å². The maximum absolute atomic E-state index is 13.8. The van der Waals surface area contributed by atoms with E-state index in [0.717, 1.165) is 33.4 Å². The average molecular weight is 410 g/mol. The van der Waals surface area contributed by atoms with Crippen molar-refractivity contribution in [2.24, 2.45) is 0 Å². The number of allylic oxidation sites excluding steroid dienone is 2. The van der Waals surface area contributed by atoms with Crippen LogP contribution in [0.25, 0.3) is 11.1 Å². The lowest BCUT2D eigenvalue weighted by molar-refractivity contribution is 0.100. The van der Waals surface area contributed by atoms with Crippen molar-refractivity contribution in [3.8, 4) is 0 Å². The Balaban J connectivity index is 1.74. The lowest BCUT2D eigenvalue weighted by Gasteiger charge is -2.12. The first kappa shape index (κ1) is 18.5. The molecule has 0 bridgehead atoms. The van der Waals surface area contributed by atoms with Gasteiger partial charge >= 0.3 is 0 Å². The predicted octanol–water partition coefficient (Wildman–Crippen LogP) is 6.38. The summed E-state index contributed by atoms with van der Waals surface area (Å²) in [6, 6.07) is 35.0. The van der Waals surface area contributed by atoms with Crippen LogP contribution in [0.2, 0.25) is 0 Å². The molecule has 2 aliphatic carbocycles. The van der Waals surface area contributed by atoms with Gasteiger partial charge < -0.3 is 0 Å². The highest BCUT2D eigenvalue weighted by atomic mass is 16.1. The van der Waals surface area contributed by atoms with Crippen molar-refractivity contribution in [3.63, 3.8) is 0 Å². The molecule has 0 heterocycles. The van der Waals surface area contributed by atoms with E-state index in [1.165, 1.54) is 0 Å². The smallest absolute Gasteiger partial charge is 0.195 e. The molecule has 2 aliphatic rings. The molecule has 0 atom stereocenters. The highest BCUT2D eigenvalue weighted by molar-refractivity contribution is 6.36. The van der Waals surface area contributed by atoms with E-state index in [9.17, 15) is 9.59 Å². The van der Waals surface area contributed by atoms with Gasteiger partial charge in [0.15, 0.2) is 11.6 Å². The van der Waals surface area contributed by atoms with E-state index in [1.807, 2.05) is 109 Å². The Morgan fingerprint density at radius 1 is 0.312 bits per heavy atom. The Morgan fingerprint density at radius 3 is 1.00 bits per heavy atom. The van der Waals surface area contributed by atoms with Gasteiger partial charge in [0.2, 0.25) is 0 Å². The van der Waals surface area contributed by atoms with E-state index in [1.54, 1.807) is 0 Å². The third-order valence-corrected chi connectivity index (χ3v) is 6.21. The van der Waals surface area contributed by atoms with Crippen LogP contribution in [-0.4, -0.2) is 11.6 Å². The fourth-order valence-electron chi connectivity index (χ4n) is 4.85. The minimum absolute atomic E-state index is 0.0935. The summed E-state index contributed by atoms with van der Waals surface area (Å²) >= 11 is 0. The third kappa shape index (κ3) is 2.60. The second-order valence-electron chi connectivity index (χ2n) is 7.98. The molecule has 32 heavy (non-hydrogen) atoms. The van der Waals surface area contributed by atoms with Crippen molar-refractivity contribution in [1.29, 1.82) is 0 Å². The highest BCUT2D eigenvalue weighted by Crippen LogP contribution is 2.47. The van der Waals surface area contributed by atoms with Crippen LogP contribution >= 0.6 is 0 Å². The van der Waals surface area contributed by atoms with Gasteiger partial charge in [-0.15, -0.1) is 0 Å². The fourth-order valence-corrected chi connectivity index (χ4v) is 4.85. The molecule has 0 spiro atoms. The topological polar surface area (TPSA) is 34.1 Å². The summed E-state index contributed by atoms with van der Waals surface area (Å²) in [6.45, 7) is 0. The molecule has 2 nitrogen and oxygen atoms in total. The number of hydrogen-bond donors (Lipinski definition) is 0. The Bertz CT molecular complexity index is 1360. The van der Waals surface area contributed by atoms with Gasteiger partial charge in [-0.1, -0.05) is 109 Å². The van der Waals surface area contributed by atoms with Crippen molar-refractivity contribution < 1.29 is 9.59 Å². The Hall–Kier alpha value is -4.30. The monoisotopic (exact) mass is 410 g/mol. The van der Waals surface area contributed by atoms with E-state index in [0.29, 0.717) is 22.3 Å². The number of hydrogen-bond acceptors (Lipinski definition) is 2. The maximum atomic E-state index is 13.8. The molecule has 0 radical (unpaired) electrons. The van der Waals surface area contributed by atoms with Gasteiger partial charge in [-0.25, -0.2) is 0 Å². The molecule has 0 fully saturated rings. The largest absolute Gasteiger partial charge is 0.289 e. The molecule has 0 aliphatic heterocycles. The number of carbonyl (C=O) groups excluding carboxylic acids is 2. The van der Waals surface area contributed by atoms with Gasteiger partial charge in [0.05, 0.1) is 0 Å². The number of Topliss-reactive ketones (excluding diaryl/α,β-unsaturated/α-hetero) is 2. The van der Waals surface area contributed by atoms with Crippen LogP contribution in [0, 0.1) is 0 Å². The molecular weight excluding hydrogens is 392 g/mol. The first-order chi connectivity index (χ1) is 15.8. The Morgan fingerprint density at radius 2 is 0.625 bits per heavy atom. The second-order valence-corrected chi connectivity index (χ2v) is 7.98. The van der Waals surface area contributed by atoms with Gasteiger partial charge in [0.1, 0.15) is 0 Å². The number of benzene rings is 4. The van der Waals surface area contributed by atoms with Crippen LogP contribution in [0.1, 0.15) is 43.0 Å². The zero-order chi connectivity index (χ0) is 21.7. The SMILES string of the molecule is O=C1C(C2=C(c3ccccc3)c3ccccc3C2=O)=C(c2ccccc2)c2ccccc21. The number of fused-ring (bicyclic) bond motifs is 2. The van der Waals surface area contributed by atoms with Gasteiger partial charge in [0.25, 0.3) is 0 Å². The Kier molecular flexibility index (Phi) is 4.12. The summed E-state index contributed by atoms with van der Waals surface area (Å²) < 4.78 is 0. The molecule has 0 amide bonds. The molecule has 0 aromatic heterocycles. The second kappa shape index (κ2) is 7.14. The van der Waals surface area contributed by atoms with Gasteiger partial charge in [-0.2, -0.15) is 0 Å². The maximum Gasteiger partial charge on any atom is 0.195 e. The van der Waals surface area contributed by atoms with Crippen LogP contribution in [0.5, 0.6) is 0 Å². The normalized spacial score (nSPS) is 14.8. The lowest BCUT2D eigenvalue weighted by Crippen LogP contribution is -2.09. The fraction of sp³-hybridized carbons (Fsp3) is 0. The predicted molar refractivity (Wildman–Crippen MR) is 126 cm³/mol. The van der Waals surface area contributed by atoms with E-state index < -0.39 is 0 Å². The van der Waals surface area contributed by atoms with E-state index >= 15 is 0 Å². The number of ketones is 2. The molecule has 0 saturated carbocycles. The zero-order valence-electron chi connectivity index (χ0n) is 17.2. The molecule has 0 saturated heterocycles. The van der Waals surface area contributed by atoms with Crippen LogP contribution < -0.4 is 0 Å². The van der Waals surface area contributed by atoms with Gasteiger partial charge in [0, 0.05) is 33.4 Å².